The highest BCUT2D eigenvalue weighted by atomic mass is 35.5. The molecule has 0 saturated heterocycles. The molecule has 0 aliphatic rings. The van der Waals surface area contributed by atoms with Crippen LogP contribution >= 0.6 is 11.6 Å². The predicted octanol–water partition coefficient (Wildman–Crippen LogP) is 5.31. The lowest BCUT2D eigenvalue weighted by molar-refractivity contribution is -0.137. The molecule has 0 aliphatic carbocycles. The topological polar surface area (TPSA) is 44.0 Å². The fraction of sp³-hybridized carbons (Fsp3) is 0.0625. The Bertz CT molecular complexity index is 758. The van der Waals surface area contributed by atoms with Gasteiger partial charge in [-0.3, -0.25) is 0 Å². The molecule has 0 aromatic heterocycles. The first-order chi connectivity index (χ1) is 10.3. The predicted molar refractivity (Wildman–Crippen MR) is 78.0 cm³/mol. The van der Waals surface area contributed by atoms with E-state index < -0.39 is 23.1 Å². The third kappa shape index (κ3) is 3.23. The summed E-state index contributed by atoms with van der Waals surface area (Å²) in [6.45, 7) is 0. The minimum absolute atomic E-state index is 0.256. The van der Waals surface area contributed by atoms with Crippen LogP contribution in [0.3, 0.4) is 0 Å². The molecular formula is C16H9ClF3NO. The molecule has 0 unspecified atom stereocenters. The molecule has 2 aromatic carbocycles. The van der Waals surface area contributed by atoms with Crippen molar-refractivity contribution in [1.29, 1.82) is 5.26 Å². The van der Waals surface area contributed by atoms with Gasteiger partial charge in [-0.05, 0) is 23.8 Å². The van der Waals surface area contributed by atoms with Gasteiger partial charge in [-0.1, -0.05) is 41.9 Å². The summed E-state index contributed by atoms with van der Waals surface area (Å²) in [6.07, 6.45) is -4.63. The first-order valence-corrected chi connectivity index (χ1v) is 6.48. The van der Waals surface area contributed by atoms with Crippen LogP contribution in [0.15, 0.2) is 48.5 Å². The lowest BCUT2D eigenvalue weighted by atomic mass is 9.98. The Morgan fingerprint density at radius 1 is 1.05 bits per heavy atom. The third-order valence-corrected chi connectivity index (χ3v) is 3.22. The highest BCUT2D eigenvalue weighted by molar-refractivity contribution is 6.30. The number of halogens is 4. The minimum Gasteiger partial charge on any atom is -0.506 e. The second-order valence-corrected chi connectivity index (χ2v) is 4.82. The SMILES string of the molecule is N#CC(=C(O)c1ccccc1C(F)(F)F)c1ccc(Cl)cc1. The maximum absolute atomic E-state index is 13.0. The first kappa shape index (κ1) is 15.9. The van der Waals surface area contributed by atoms with Crippen molar-refractivity contribution < 1.29 is 18.3 Å². The number of hydrogen-bond donors (Lipinski definition) is 1. The molecule has 0 heterocycles. The van der Waals surface area contributed by atoms with Crippen molar-refractivity contribution in [1.82, 2.24) is 0 Å². The largest absolute Gasteiger partial charge is 0.506 e. The van der Waals surface area contributed by atoms with Gasteiger partial charge in [-0.15, -0.1) is 0 Å². The van der Waals surface area contributed by atoms with Crippen molar-refractivity contribution in [2.45, 2.75) is 6.18 Å². The van der Waals surface area contributed by atoms with Crippen LogP contribution in [0, 0.1) is 11.3 Å². The standard InChI is InChI=1S/C16H9ClF3NO/c17-11-7-5-10(6-8-11)13(9-21)15(22)12-3-1-2-4-14(12)16(18,19)20/h1-8,22H. The summed E-state index contributed by atoms with van der Waals surface area (Å²) in [5.74, 6) is -0.724. The Balaban J connectivity index is 2.65. The van der Waals surface area contributed by atoms with Gasteiger partial charge in [-0.25, -0.2) is 0 Å². The van der Waals surface area contributed by atoms with Crippen LogP contribution in [-0.4, -0.2) is 5.11 Å². The molecular weight excluding hydrogens is 315 g/mol. The molecule has 6 heteroatoms. The normalized spacial score (nSPS) is 12.5. The van der Waals surface area contributed by atoms with Crippen molar-refractivity contribution in [2.24, 2.45) is 0 Å². The number of aliphatic hydroxyl groups is 1. The number of benzene rings is 2. The van der Waals surface area contributed by atoms with Gasteiger partial charge >= 0.3 is 6.18 Å². The monoisotopic (exact) mass is 323 g/mol. The van der Waals surface area contributed by atoms with E-state index in [0.717, 1.165) is 12.1 Å². The summed E-state index contributed by atoms with van der Waals surface area (Å²) in [5, 5.41) is 19.8. The fourth-order valence-electron chi connectivity index (χ4n) is 1.94. The minimum atomic E-state index is -4.63. The number of allylic oxidation sites excluding steroid dienone is 1. The van der Waals surface area contributed by atoms with Gasteiger partial charge in [0.2, 0.25) is 0 Å². The molecule has 0 spiro atoms. The van der Waals surface area contributed by atoms with Gasteiger partial charge in [0.05, 0.1) is 5.56 Å². The molecule has 0 aliphatic heterocycles. The maximum Gasteiger partial charge on any atom is 0.417 e. The third-order valence-electron chi connectivity index (χ3n) is 2.97. The molecule has 1 N–H and O–H groups in total. The Hall–Kier alpha value is -2.45. The second-order valence-electron chi connectivity index (χ2n) is 4.39. The molecule has 0 fully saturated rings. The average Bonchev–Trinajstić information content (AvgIpc) is 2.49. The summed E-state index contributed by atoms with van der Waals surface area (Å²) < 4.78 is 39.0. The smallest absolute Gasteiger partial charge is 0.417 e. The molecule has 22 heavy (non-hydrogen) atoms. The van der Waals surface area contributed by atoms with Crippen molar-refractivity contribution in [3.8, 4) is 6.07 Å². The molecule has 0 bridgehead atoms. The zero-order chi connectivity index (χ0) is 16.3. The highest BCUT2D eigenvalue weighted by Gasteiger charge is 2.34. The number of alkyl halides is 3. The number of hydrogen-bond acceptors (Lipinski definition) is 2. The molecule has 0 radical (unpaired) electrons. The van der Waals surface area contributed by atoms with Crippen molar-refractivity contribution >= 4 is 22.9 Å². The Labute approximate surface area is 129 Å². The second kappa shape index (κ2) is 6.12. The number of aliphatic hydroxyl groups excluding tert-OH is 1. The summed E-state index contributed by atoms with van der Waals surface area (Å²) in [4.78, 5) is 0. The van der Waals surface area contributed by atoms with E-state index in [4.69, 9.17) is 11.6 Å². The van der Waals surface area contributed by atoms with E-state index in [9.17, 15) is 23.5 Å². The van der Waals surface area contributed by atoms with Crippen LogP contribution in [0.5, 0.6) is 0 Å². The zero-order valence-corrected chi connectivity index (χ0v) is 11.8. The van der Waals surface area contributed by atoms with E-state index in [-0.39, 0.29) is 11.1 Å². The van der Waals surface area contributed by atoms with Crippen LogP contribution < -0.4 is 0 Å². The van der Waals surface area contributed by atoms with Gasteiger partial charge < -0.3 is 5.11 Å². The van der Waals surface area contributed by atoms with Gasteiger partial charge in [0.1, 0.15) is 17.4 Å². The van der Waals surface area contributed by atoms with E-state index in [0.29, 0.717) is 5.02 Å². The van der Waals surface area contributed by atoms with E-state index in [2.05, 4.69) is 0 Å². The average molecular weight is 324 g/mol. The Kier molecular flexibility index (Phi) is 4.43. The van der Waals surface area contributed by atoms with E-state index >= 15 is 0 Å². The van der Waals surface area contributed by atoms with E-state index in [1.807, 2.05) is 0 Å². The number of nitriles is 1. The van der Waals surface area contributed by atoms with E-state index in [1.54, 1.807) is 6.07 Å². The van der Waals surface area contributed by atoms with E-state index in [1.165, 1.54) is 36.4 Å². The molecule has 2 rings (SSSR count). The molecule has 0 amide bonds. The zero-order valence-electron chi connectivity index (χ0n) is 11.0. The van der Waals surface area contributed by atoms with Crippen LogP contribution in [0.4, 0.5) is 13.2 Å². The number of rotatable bonds is 2. The highest BCUT2D eigenvalue weighted by Crippen LogP contribution is 2.36. The summed E-state index contributed by atoms with van der Waals surface area (Å²) in [6, 6.07) is 12.1. The molecule has 0 atom stereocenters. The fourth-order valence-corrected chi connectivity index (χ4v) is 2.07. The lowest BCUT2D eigenvalue weighted by Gasteiger charge is -2.13. The van der Waals surface area contributed by atoms with Gasteiger partial charge in [0.25, 0.3) is 0 Å². The van der Waals surface area contributed by atoms with Crippen molar-refractivity contribution in [3.63, 3.8) is 0 Å². The van der Waals surface area contributed by atoms with Gasteiger partial charge in [-0.2, -0.15) is 18.4 Å². The number of nitrogens with zero attached hydrogens (tertiary/aromatic N) is 1. The summed E-state index contributed by atoms with van der Waals surface area (Å²) >= 11 is 5.73. The van der Waals surface area contributed by atoms with Gasteiger partial charge in [0.15, 0.2) is 0 Å². The first-order valence-electron chi connectivity index (χ1n) is 6.10. The molecule has 0 saturated carbocycles. The van der Waals surface area contributed by atoms with Crippen LogP contribution in [0.1, 0.15) is 16.7 Å². The van der Waals surface area contributed by atoms with Crippen LogP contribution in [-0.2, 0) is 6.18 Å². The lowest BCUT2D eigenvalue weighted by Crippen LogP contribution is -2.09. The summed E-state index contributed by atoms with van der Waals surface area (Å²) in [5.41, 5.74) is -1.43. The maximum atomic E-state index is 13.0. The van der Waals surface area contributed by atoms with Gasteiger partial charge in [0, 0.05) is 10.6 Å². The van der Waals surface area contributed by atoms with Crippen LogP contribution in [0.25, 0.3) is 11.3 Å². The Morgan fingerprint density at radius 2 is 1.64 bits per heavy atom. The summed E-state index contributed by atoms with van der Waals surface area (Å²) in [7, 11) is 0. The van der Waals surface area contributed by atoms with Crippen LogP contribution in [0.2, 0.25) is 5.02 Å². The quantitative estimate of drug-likeness (QED) is 0.462. The Morgan fingerprint density at radius 3 is 2.18 bits per heavy atom. The van der Waals surface area contributed by atoms with Crippen molar-refractivity contribution in [2.75, 3.05) is 0 Å². The molecule has 2 aromatic rings. The van der Waals surface area contributed by atoms with Crippen molar-refractivity contribution in [3.05, 3.63) is 70.2 Å². The molecule has 112 valence electrons. The molecule has 2 nitrogen and oxygen atoms in total.